The van der Waals surface area contributed by atoms with Crippen molar-refractivity contribution >= 4 is 13.3 Å². The molecule has 0 atom stereocenters. The van der Waals surface area contributed by atoms with Crippen molar-refractivity contribution in [2.75, 3.05) is 7.11 Å². The van der Waals surface area contributed by atoms with Crippen molar-refractivity contribution in [2.45, 2.75) is 20.8 Å². The Morgan fingerprint density at radius 3 is 2.05 bits per heavy atom. The highest BCUT2D eigenvalue weighted by molar-refractivity contribution is 6.38. The lowest BCUT2D eigenvalue weighted by atomic mass is 9.81. The number of hydrogen-bond donors (Lipinski definition) is 3. The minimum Gasteiger partial charge on any atom is -0.508 e. The molecule has 0 amide bonds. The highest BCUT2D eigenvalue weighted by atomic mass is 16.5. The normalized spacial score (nSPS) is 10.7. The molecule has 0 spiro atoms. The molecule has 0 aromatic heterocycles. The Labute approximate surface area is 125 Å². The minimum atomic E-state index is 0.0308. The van der Waals surface area contributed by atoms with E-state index in [1.54, 1.807) is 26.9 Å². The molecule has 0 saturated heterocycles. The van der Waals surface area contributed by atoms with Crippen LogP contribution in [0.25, 0.3) is 11.1 Å². The third kappa shape index (κ3) is 2.29. The number of ether oxygens (including phenoxy) is 1. The standard InChI is InChI=1S/C16H19BO4/c1-7-5-10(18)9(3)15(19)13(7)12-8(2)6-11(21-4)16(20)14(12)17/h5-6,18-20H,17H2,1-4H3. The first-order chi connectivity index (χ1) is 9.79. The summed E-state index contributed by atoms with van der Waals surface area (Å²) in [6, 6.07) is 3.35. The molecule has 0 bridgehead atoms. The van der Waals surface area contributed by atoms with E-state index in [1.807, 2.05) is 13.8 Å². The topological polar surface area (TPSA) is 69.9 Å². The van der Waals surface area contributed by atoms with E-state index >= 15 is 0 Å². The van der Waals surface area contributed by atoms with E-state index in [4.69, 9.17) is 4.74 Å². The summed E-state index contributed by atoms with van der Waals surface area (Å²) in [6.07, 6.45) is 0. The van der Waals surface area contributed by atoms with Crippen molar-refractivity contribution in [1.29, 1.82) is 0 Å². The van der Waals surface area contributed by atoms with E-state index in [-0.39, 0.29) is 17.2 Å². The summed E-state index contributed by atoms with van der Waals surface area (Å²) in [7, 11) is 3.28. The fraction of sp³-hybridized carbons (Fsp3) is 0.250. The molecule has 2 aromatic rings. The number of aryl methyl sites for hydroxylation is 2. The summed E-state index contributed by atoms with van der Waals surface area (Å²) in [5.41, 5.74) is 4.06. The molecular formula is C16H19BO4. The Kier molecular flexibility index (Phi) is 3.77. The lowest BCUT2D eigenvalue weighted by molar-refractivity contribution is 0.375. The number of phenols is 3. The van der Waals surface area contributed by atoms with Gasteiger partial charge in [0, 0.05) is 11.1 Å². The van der Waals surface area contributed by atoms with Crippen molar-refractivity contribution < 1.29 is 20.1 Å². The van der Waals surface area contributed by atoms with Gasteiger partial charge in [0.15, 0.2) is 11.5 Å². The zero-order valence-electron chi connectivity index (χ0n) is 12.9. The van der Waals surface area contributed by atoms with E-state index in [9.17, 15) is 15.3 Å². The van der Waals surface area contributed by atoms with Crippen molar-refractivity contribution in [3.05, 3.63) is 28.8 Å². The van der Waals surface area contributed by atoms with Crippen LogP contribution in [0, 0.1) is 20.8 Å². The molecule has 0 aliphatic rings. The van der Waals surface area contributed by atoms with Crippen LogP contribution in [0.15, 0.2) is 12.1 Å². The van der Waals surface area contributed by atoms with Gasteiger partial charge in [-0.2, -0.15) is 0 Å². The van der Waals surface area contributed by atoms with Crippen LogP contribution in [-0.4, -0.2) is 30.3 Å². The van der Waals surface area contributed by atoms with E-state index < -0.39 is 0 Å². The second-order valence-electron chi connectivity index (χ2n) is 5.31. The minimum absolute atomic E-state index is 0.0308. The predicted octanol–water partition coefficient (Wildman–Crippen LogP) is 1.66. The maximum absolute atomic E-state index is 10.4. The number of phenolic OH excluding ortho intramolecular Hbond substituents is 3. The number of rotatable bonds is 2. The maximum atomic E-state index is 10.4. The number of hydrogen-bond acceptors (Lipinski definition) is 4. The Bertz CT molecular complexity index is 723. The molecule has 110 valence electrons. The predicted molar refractivity (Wildman–Crippen MR) is 85.8 cm³/mol. The molecule has 0 radical (unpaired) electrons. The van der Waals surface area contributed by atoms with E-state index in [0.717, 1.165) is 16.7 Å². The smallest absolute Gasteiger partial charge is 0.160 e. The van der Waals surface area contributed by atoms with Crippen LogP contribution < -0.4 is 10.2 Å². The molecule has 4 nitrogen and oxygen atoms in total. The molecule has 3 N–H and O–H groups in total. The number of aromatic hydroxyl groups is 3. The summed E-state index contributed by atoms with van der Waals surface area (Å²) in [5.74, 6) is 0.550. The first kappa shape index (κ1) is 15.1. The van der Waals surface area contributed by atoms with Crippen molar-refractivity contribution in [3.8, 4) is 34.1 Å². The third-order valence-corrected chi connectivity index (χ3v) is 3.90. The van der Waals surface area contributed by atoms with Crippen LogP contribution in [0.1, 0.15) is 16.7 Å². The van der Waals surface area contributed by atoms with Crippen LogP contribution in [0.4, 0.5) is 0 Å². The largest absolute Gasteiger partial charge is 0.508 e. The zero-order valence-corrected chi connectivity index (χ0v) is 12.9. The quantitative estimate of drug-likeness (QED) is 0.734. The van der Waals surface area contributed by atoms with Gasteiger partial charge in [0.1, 0.15) is 19.3 Å². The summed E-state index contributed by atoms with van der Waals surface area (Å²) in [4.78, 5) is 0. The zero-order chi connectivity index (χ0) is 15.9. The number of methoxy groups -OCH3 is 1. The SMILES string of the molecule is Bc1c(O)c(OC)cc(C)c1-c1c(C)cc(O)c(C)c1O. The number of benzene rings is 2. The fourth-order valence-corrected chi connectivity index (χ4v) is 2.67. The molecule has 0 aliphatic heterocycles. The molecule has 0 saturated carbocycles. The van der Waals surface area contributed by atoms with Crippen LogP contribution in [0.2, 0.25) is 0 Å². The maximum Gasteiger partial charge on any atom is 0.160 e. The molecule has 0 unspecified atom stereocenters. The molecular weight excluding hydrogens is 267 g/mol. The Balaban J connectivity index is 2.86. The monoisotopic (exact) mass is 286 g/mol. The molecule has 0 fully saturated rings. The molecule has 0 aliphatic carbocycles. The van der Waals surface area contributed by atoms with E-state index in [1.165, 1.54) is 7.11 Å². The second kappa shape index (κ2) is 5.24. The Hall–Kier alpha value is -2.30. The lowest BCUT2D eigenvalue weighted by Crippen LogP contribution is -2.12. The van der Waals surface area contributed by atoms with Gasteiger partial charge in [-0.3, -0.25) is 0 Å². The summed E-state index contributed by atoms with van der Waals surface area (Å²) < 4.78 is 5.15. The Morgan fingerprint density at radius 1 is 0.905 bits per heavy atom. The van der Waals surface area contributed by atoms with Gasteiger partial charge < -0.3 is 20.1 Å². The van der Waals surface area contributed by atoms with E-state index in [0.29, 0.717) is 22.3 Å². The summed E-state index contributed by atoms with van der Waals surface area (Å²) in [6.45, 7) is 5.36. The molecule has 2 rings (SSSR count). The van der Waals surface area contributed by atoms with Crippen LogP contribution in [-0.2, 0) is 0 Å². The van der Waals surface area contributed by atoms with E-state index in [2.05, 4.69) is 0 Å². The lowest BCUT2D eigenvalue weighted by Gasteiger charge is -2.19. The highest BCUT2D eigenvalue weighted by Gasteiger charge is 2.20. The van der Waals surface area contributed by atoms with Crippen LogP contribution >= 0.6 is 0 Å². The average Bonchev–Trinajstić information content (AvgIpc) is 2.44. The van der Waals surface area contributed by atoms with Gasteiger partial charge in [0.05, 0.1) is 7.11 Å². The van der Waals surface area contributed by atoms with Gasteiger partial charge in [-0.25, -0.2) is 0 Å². The van der Waals surface area contributed by atoms with Gasteiger partial charge in [0.2, 0.25) is 0 Å². The fourth-order valence-electron chi connectivity index (χ4n) is 2.67. The Morgan fingerprint density at radius 2 is 1.48 bits per heavy atom. The molecule has 0 heterocycles. The molecule has 2 aromatic carbocycles. The molecule has 5 heteroatoms. The van der Waals surface area contributed by atoms with Crippen molar-refractivity contribution in [1.82, 2.24) is 0 Å². The van der Waals surface area contributed by atoms with Gasteiger partial charge in [-0.05, 0) is 55.1 Å². The van der Waals surface area contributed by atoms with Gasteiger partial charge >= 0.3 is 0 Å². The average molecular weight is 286 g/mol. The first-order valence-electron chi connectivity index (χ1n) is 6.69. The highest BCUT2D eigenvalue weighted by Crippen LogP contribution is 2.42. The van der Waals surface area contributed by atoms with Crippen molar-refractivity contribution in [2.24, 2.45) is 0 Å². The van der Waals surface area contributed by atoms with Crippen LogP contribution in [0.3, 0.4) is 0 Å². The van der Waals surface area contributed by atoms with Gasteiger partial charge in [0.25, 0.3) is 0 Å². The summed E-state index contributed by atoms with van der Waals surface area (Å²) in [5, 5.41) is 30.4. The summed E-state index contributed by atoms with van der Waals surface area (Å²) >= 11 is 0. The van der Waals surface area contributed by atoms with Crippen molar-refractivity contribution in [3.63, 3.8) is 0 Å². The second-order valence-corrected chi connectivity index (χ2v) is 5.31. The first-order valence-corrected chi connectivity index (χ1v) is 6.69. The molecule has 21 heavy (non-hydrogen) atoms. The van der Waals surface area contributed by atoms with Gasteiger partial charge in [-0.15, -0.1) is 0 Å². The van der Waals surface area contributed by atoms with Gasteiger partial charge in [-0.1, -0.05) is 0 Å². The van der Waals surface area contributed by atoms with Crippen LogP contribution in [0.5, 0.6) is 23.0 Å². The third-order valence-electron chi connectivity index (χ3n) is 3.90.